The molecule has 0 aliphatic rings. The highest BCUT2D eigenvalue weighted by Crippen LogP contribution is 2.49. The van der Waals surface area contributed by atoms with E-state index in [1.807, 2.05) is 31.2 Å². The van der Waals surface area contributed by atoms with Gasteiger partial charge in [0.25, 0.3) is 0 Å². The normalized spacial score (nSPS) is 11.7. The fraction of sp³-hybridized carbons (Fsp3) is 0.739. The van der Waals surface area contributed by atoms with Gasteiger partial charge in [-0.3, -0.25) is 9.05 Å². The molecule has 0 atom stereocenters. The first-order valence-corrected chi connectivity index (χ1v) is 12.7. The first kappa shape index (κ1) is 25.2. The summed E-state index contributed by atoms with van der Waals surface area (Å²) in [6.45, 7) is 7.25. The van der Waals surface area contributed by atoms with Gasteiger partial charge in [0.05, 0.1) is 13.2 Å². The van der Waals surface area contributed by atoms with Crippen molar-refractivity contribution in [1.82, 2.24) is 0 Å². The third-order valence-corrected chi connectivity index (χ3v) is 6.16. The van der Waals surface area contributed by atoms with E-state index >= 15 is 0 Å². The largest absolute Gasteiger partial charge is 0.530 e. The molecule has 0 aromatic heterocycles. The fourth-order valence-corrected chi connectivity index (χ4v) is 4.20. The van der Waals surface area contributed by atoms with Crippen LogP contribution in [0.5, 0.6) is 5.75 Å². The summed E-state index contributed by atoms with van der Waals surface area (Å²) in [4.78, 5) is 0. The summed E-state index contributed by atoms with van der Waals surface area (Å²) in [7, 11) is -3.58. The smallest absolute Gasteiger partial charge is 0.404 e. The van der Waals surface area contributed by atoms with Gasteiger partial charge >= 0.3 is 7.82 Å². The van der Waals surface area contributed by atoms with Crippen LogP contribution in [0.15, 0.2) is 24.3 Å². The lowest BCUT2D eigenvalue weighted by Crippen LogP contribution is -2.05. The van der Waals surface area contributed by atoms with E-state index in [2.05, 4.69) is 13.8 Å². The topological polar surface area (TPSA) is 44.8 Å². The quantitative estimate of drug-likeness (QED) is 0.180. The summed E-state index contributed by atoms with van der Waals surface area (Å²) in [6, 6.07) is 7.48. The molecule has 1 aromatic carbocycles. The molecule has 0 aliphatic carbocycles. The van der Waals surface area contributed by atoms with E-state index in [1.165, 1.54) is 51.4 Å². The second kappa shape index (κ2) is 16.0. The average Bonchev–Trinajstić information content (AvgIpc) is 2.68. The van der Waals surface area contributed by atoms with Gasteiger partial charge in [0.1, 0.15) is 5.75 Å². The molecular formula is C23H41O4P. The van der Waals surface area contributed by atoms with Crippen molar-refractivity contribution in [3.8, 4) is 5.75 Å². The molecular weight excluding hydrogens is 371 g/mol. The third-order valence-electron chi connectivity index (χ3n) is 4.73. The molecule has 0 heterocycles. The Morgan fingerprint density at radius 1 is 0.679 bits per heavy atom. The lowest BCUT2D eigenvalue weighted by Gasteiger charge is -2.19. The van der Waals surface area contributed by atoms with Crippen LogP contribution in [0.25, 0.3) is 0 Å². The minimum atomic E-state index is -3.58. The Bertz CT molecular complexity index is 508. The van der Waals surface area contributed by atoms with Gasteiger partial charge in [-0.25, -0.2) is 4.57 Å². The first-order chi connectivity index (χ1) is 13.6. The van der Waals surface area contributed by atoms with Crippen LogP contribution in [-0.2, 0) is 13.6 Å². The molecule has 0 aliphatic heterocycles. The van der Waals surface area contributed by atoms with Crippen LogP contribution in [0.1, 0.15) is 96.5 Å². The maximum atomic E-state index is 13.1. The molecule has 4 nitrogen and oxygen atoms in total. The molecule has 0 fully saturated rings. The van der Waals surface area contributed by atoms with Gasteiger partial charge in [0.15, 0.2) is 0 Å². The van der Waals surface area contributed by atoms with Gasteiger partial charge in [-0.2, -0.15) is 0 Å². The van der Waals surface area contributed by atoms with Crippen LogP contribution in [0.3, 0.4) is 0 Å². The molecule has 0 unspecified atom stereocenters. The summed E-state index contributed by atoms with van der Waals surface area (Å²) in [5.41, 5.74) is 1.13. The molecule has 28 heavy (non-hydrogen) atoms. The van der Waals surface area contributed by atoms with Crippen LogP contribution in [-0.4, -0.2) is 13.2 Å². The Balaban J connectivity index is 2.42. The van der Waals surface area contributed by atoms with Gasteiger partial charge < -0.3 is 4.52 Å². The molecule has 5 heteroatoms. The fourth-order valence-electron chi connectivity index (χ4n) is 2.94. The minimum Gasteiger partial charge on any atom is -0.404 e. The lowest BCUT2D eigenvalue weighted by atomic mass is 10.1. The summed E-state index contributed by atoms with van der Waals surface area (Å²) in [6.07, 6.45) is 13.9. The number of hydrogen-bond donors (Lipinski definition) is 0. The molecule has 0 saturated carbocycles. The number of phosphoric acid groups is 1. The monoisotopic (exact) mass is 412 g/mol. The lowest BCUT2D eigenvalue weighted by molar-refractivity contribution is 0.150. The SMILES string of the molecule is CCCCCCCCOP(=O)(OCCCCCCCC)Oc1ccc(C)cc1. The maximum Gasteiger partial charge on any atom is 0.530 e. The number of aryl methyl sites for hydroxylation is 1. The van der Waals surface area contributed by atoms with E-state index in [9.17, 15) is 4.57 Å². The van der Waals surface area contributed by atoms with E-state index < -0.39 is 7.82 Å². The van der Waals surface area contributed by atoms with Crippen molar-refractivity contribution < 1.29 is 18.1 Å². The van der Waals surface area contributed by atoms with E-state index in [0.29, 0.717) is 19.0 Å². The summed E-state index contributed by atoms with van der Waals surface area (Å²) < 4.78 is 30.0. The Hall–Kier alpha value is -0.830. The number of hydrogen-bond acceptors (Lipinski definition) is 4. The second-order valence-corrected chi connectivity index (χ2v) is 9.15. The van der Waals surface area contributed by atoms with E-state index in [1.54, 1.807) is 0 Å². The summed E-state index contributed by atoms with van der Waals surface area (Å²) >= 11 is 0. The van der Waals surface area contributed by atoms with E-state index in [-0.39, 0.29) is 0 Å². The zero-order valence-corrected chi connectivity index (χ0v) is 19.2. The zero-order valence-electron chi connectivity index (χ0n) is 18.3. The second-order valence-electron chi connectivity index (χ2n) is 7.55. The number of unbranched alkanes of at least 4 members (excludes halogenated alkanes) is 10. The Morgan fingerprint density at radius 2 is 1.11 bits per heavy atom. The molecule has 0 bridgehead atoms. The number of phosphoric ester groups is 1. The van der Waals surface area contributed by atoms with Gasteiger partial charge in [-0.15, -0.1) is 0 Å². The van der Waals surface area contributed by atoms with Crippen LogP contribution in [0, 0.1) is 6.92 Å². The van der Waals surface area contributed by atoms with Crippen molar-refractivity contribution in [3.05, 3.63) is 29.8 Å². The highest BCUT2D eigenvalue weighted by atomic mass is 31.2. The number of benzene rings is 1. The minimum absolute atomic E-state index is 0.408. The highest BCUT2D eigenvalue weighted by Gasteiger charge is 2.28. The van der Waals surface area contributed by atoms with Crippen molar-refractivity contribution in [2.45, 2.75) is 97.8 Å². The Labute approximate surface area is 173 Å². The van der Waals surface area contributed by atoms with Crippen molar-refractivity contribution in [3.63, 3.8) is 0 Å². The van der Waals surface area contributed by atoms with E-state index in [0.717, 1.165) is 31.2 Å². The predicted molar refractivity (Wildman–Crippen MR) is 118 cm³/mol. The molecule has 0 spiro atoms. The Morgan fingerprint density at radius 3 is 1.57 bits per heavy atom. The van der Waals surface area contributed by atoms with Gasteiger partial charge in [0, 0.05) is 0 Å². The van der Waals surface area contributed by atoms with Gasteiger partial charge in [0.2, 0.25) is 0 Å². The van der Waals surface area contributed by atoms with Crippen LogP contribution >= 0.6 is 7.82 Å². The first-order valence-electron chi connectivity index (χ1n) is 11.2. The van der Waals surface area contributed by atoms with Gasteiger partial charge in [-0.05, 0) is 31.9 Å². The molecule has 162 valence electrons. The zero-order chi connectivity index (χ0) is 20.5. The molecule has 0 radical (unpaired) electrons. The average molecular weight is 413 g/mol. The van der Waals surface area contributed by atoms with Gasteiger partial charge in [-0.1, -0.05) is 95.8 Å². The van der Waals surface area contributed by atoms with Crippen LogP contribution in [0.2, 0.25) is 0 Å². The number of rotatable bonds is 18. The summed E-state index contributed by atoms with van der Waals surface area (Å²) in [5.74, 6) is 0.528. The summed E-state index contributed by atoms with van der Waals surface area (Å²) in [5, 5.41) is 0. The molecule has 0 N–H and O–H groups in total. The van der Waals surface area contributed by atoms with Crippen LogP contribution < -0.4 is 4.52 Å². The molecule has 1 rings (SSSR count). The maximum absolute atomic E-state index is 13.1. The van der Waals surface area contributed by atoms with Crippen molar-refractivity contribution in [2.75, 3.05) is 13.2 Å². The van der Waals surface area contributed by atoms with Crippen molar-refractivity contribution >= 4 is 7.82 Å². The van der Waals surface area contributed by atoms with E-state index in [4.69, 9.17) is 13.6 Å². The standard InChI is InChI=1S/C23H41O4P/c1-4-6-8-10-12-14-20-25-28(24,26-21-15-13-11-9-7-5-2)27-23-18-16-22(3)17-19-23/h16-19H,4-15,20-21H2,1-3H3. The predicted octanol–water partition coefficient (Wildman–Crippen LogP) is 8.24. The molecule has 1 aromatic rings. The molecule has 0 saturated heterocycles. The van der Waals surface area contributed by atoms with Crippen molar-refractivity contribution in [1.29, 1.82) is 0 Å². The highest BCUT2D eigenvalue weighted by molar-refractivity contribution is 7.48. The Kier molecular flexibility index (Phi) is 14.4. The molecule has 0 amide bonds. The third kappa shape index (κ3) is 12.6. The van der Waals surface area contributed by atoms with Crippen LogP contribution in [0.4, 0.5) is 0 Å². The van der Waals surface area contributed by atoms with Crippen molar-refractivity contribution in [2.24, 2.45) is 0 Å².